The van der Waals surface area contributed by atoms with E-state index < -0.39 is 15.8 Å². The van der Waals surface area contributed by atoms with E-state index in [0.29, 0.717) is 19.5 Å². The number of hydrogen-bond acceptors (Lipinski definition) is 3. The molecule has 20 heavy (non-hydrogen) atoms. The SMILES string of the molecule is CC1CC(CN)CN1S(=O)(=O)c1ccc(Cl)cc1F.Cl. The summed E-state index contributed by atoms with van der Waals surface area (Å²) >= 11 is 5.64. The van der Waals surface area contributed by atoms with E-state index in [1.807, 2.05) is 0 Å². The summed E-state index contributed by atoms with van der Waals surface area (Å²) in [5, 5.41) is 0.172. The molecule has 114 valence electrons. The summed E-state index contributed by atoms with van der Waals surface area (Å²) in [5.74, 6) is -0.698. The molecule has 2 N–H and O–H groups in total. The first kappa shape index (κ1) is 17.7. The second-order valence-electron chi connectivity index (χ2n) is 4.84. The van der Waals surface area contributed by atoms with E-state index in [1.165, 1.54) is 16.4 Å². The lowest BCUT2D eigenvalue weighted by Gasteiger charge is -2.21. The molecule has 1 saturated heterocycles. The zero-order valence-corrected chi connectivity index (χ0v) is 13.3. The van der Waals surface area contributed by atoms with Gasteiger partial charge in [0.1, 0.15) is 10.7 Å². The molecule has 1 aromatic rings. The molecule has 0 aliphatic carbocycles. The van der Waals surface area contributed by atoms with Crippen LogP contribution in [0.3, 0.4) is 0 Å². The second kappa shape index (κ2) is 6.58. The Bertz CT molecular complexity index is 583. The smallest absolute Gasteiger partial charge is 0.246 e. The summed E-state index contributed by atoms with van der Waals surface area (Å²) in [6.45, 7) is 2.57. The van der Waals surface area contributed by atoms with Gasteiger partial charge in [0.25, 0.3) is 0 Å². The van der Waals surface area contributed by atoms with E-state index in [4.69, 9.17) is 17.3 Å². The summed E-state index contributed by atoms with van der Waals surface area (Å²) in [6, 6.07) is 3.41. The van der Waals surface area contributed by atoms with Crippen molar-refractivity contribution in [3.63, 3.8) is 0 Å². The predicted molar refractivity (Wildman–Crippen MR) is 79.2 cm³/mol. The van der Waals surface area contributed by atoms with Crippen LogP contribution in [0.25, 0.3) is 0 Å². The Hall–Kier alpha value is -0.400. The highest BCUT2D eigenvalue weighted by molar-refractivity contribution is 7.89. The van der Waals surface area contributed by atoms with Crippen LogP contribution in [0.2, 0.25) is 5.02 Å². The van der Waals surface area contributed by atoms with E-state index in [-0.39, 0.29) is 34.3 Å². The van der Waals surface area contributed by atoms with Gasteiger partial charge in [-0.2, -0.15) is 4.31 Å². The van der Waals surface area contributed by atoms with Crippen molar-refractivity contribution in [3.05, 3.63) is 29.0 Å². The first-order chi connectivity index (χ1) is 8.86. The lowest BCUT2D eigenvalue weighted by molar-refractivity contribution is 0.401. The van der Waals surface area contributed by atoms with Crippen molar-refractivity contribution in [2.24, 2.45) is 11.7 Å². The lowest BCUT2D eigenvalue weighted by Crippen LogP contribution is -2.35. The van der Waals surface area contributed by atoms with Crippen LogP contribution in [0.4, 0.5) is 4.39 Å². The van der Waals surface area contributed by atoms with E-state index in [0.717, 1.165) is 6.07 Å². The zero-order chi connectivity index (χ0) is 14.2. The van der Waals surface area contributed by atoms with Crippen LogP contribution in [-0.2, 0) is 10.0 Å². The summed E-state index contributed by atoms with van der Waals surface area (Å²) in [4.78, 5) is -0.332. The van der Waals surface area contributed by atoms with Crippen molar-refractivity contribution in [1.29, 1.82) is 0 Å². The monoisotopic (exact) mass is 342 g/mol. The number of nitrogens with zero attached hydrogens (tertiary/aromatic N) is 1. The Morgan fingerprint density at radius 1 is 1.50 bits per heavy atom. The molecule has 2 unspecified atom stereocenters. The third-order valence-corrected chi connectivity index (χ3v) is 5.67. The number of rotatable bonds is 3. The Kier molecular flexibility index (Phi) is 5.80. The van der Waals surface area contributed by atoms with Gasteiger partial charge in [0, 0.05) is 17.6 Å². The minimum atomic E-state index is -3.83. The van der Waals surface area contributed by atoms with Gasteiger partial charge in [-0.15, -0.1) is 12.4 Å². The van der Waals surface area contributed by atoms with E-state index in [9.17, 15) is 12.8 Å². The highest BCUT2D eigenvalue weighted by Crippen LogP contribution is 2.30. The molecule has 1 heterocycles. The number of halogens is 3. The lowest BCUT2D eigenvalue weighted by atomic mass is 10.1. The molecule has 1 fully saturated rings. The normalized spacial score (nSPS) is 23.6. The van der Waals surface area contributed by atoms with Gasteiger partial charge in [0.2, 0.25) is 10.0 Å². The third kappa shape index (κ3) is 3.26. The summed E-state index contributed by atoms with van der Waals surface area (Å²) < 4.78 is 40.0. The minimum Gasteiger partial charge on any atom is -0.330 e. The van der Waals surface area contributed by atoms with Crippen LogP contribution in [0.5, 0.6) is 0 Å². The third-order valence-electron chi connectivity index (χ3n) is 3.42. The molecule has 8 heteroatoms. The number of benzene rings is 1. The van der Waals surface area contributed by atoms with E-state index >= 15 is 0 Å². The molecule has 0 amide bonds. The van der Waals surface area contributed by atoms with E-state index in [1.54, 1.807) is 6.92 Å². The summed E-state index contributed by atoms with van der Waals surface area (Å²) in [7, 11) is -3.83. The van der Waals surface area contributed by atoms with E-state index in [2.05, 4.69) is 0 Å². The highest BCUT2D eigenvalue weighted by atomic mass is 35.5. The van der Waals surface area contributed by atoms with Crippen molar-refractivity contribution in [1.82, 2.24) is 4.31 Å². The number of sulfonamides is 1. The van der Waals surface area contributed by atoms with Crippen molar-refractivity contribution in [2.45, 2.75) is 24.3 Å². The first-order valence-electron chi connectivity index (χ1n) is 6.03. The quantitative estimate of drug-likeness (QED) is 0.916. The topological polar surface area (TPSA) is 63.4 Å². The Labute approximate surface area is 129 Å². The molecular weight excluding hydrogens is 326 g/mol. The zero-order valence-electron chi connectivity index (χ0n) is 10.9. The second-order valence-corrected chi connectivity index (χ2v) is 7.13. The van der Waals surface area contributed by atoms with Gasteiger partial charge in [0.05, 0.1) is 0 Å². The Morgan fingerprint density at radius 3 is 2.65 bits per heavy atom. The minimum absolute atomic E-state index is 0. The van der Waals surface area contributed by atoms with Crippen LogP contribution < -0.4 is 5.73 Å². The van der Waals surface area contributed by atoms with Gasteiger partial charge in [0.15, 0.2) is 0 Å². The van der Waals surface area contributed by atoms with Gasteiger partial charge in [-0.25, -0.2) is 12.8 Å². The molecule has 0 saturated carbocycles. The fourth-order valence-corrected chi connectivity index (χ4v) is 4.35. The molecule has 1 aliphatic heterocycles. The summed E-state index contributed by atoms with van der Waals surface area (Å²) in [5.41, 5.74) is 5.58. The standard InChI is InChI=1S/C12H16ClFN2O2S.ClH/c1-8-4-9(6-15)7-16(8)19(17,18)12-3-2-10(13)5-11(12)14;/h2-3,5,8-9H,4,6-7,15H2,1H3;1H. The maximum absolute atomic E-state index is 13.8. The fraction of sp³-hybridized carbons (Fsp3) is 0.500. The number of nitrogens with two attached hydrogens (primary N) is 1. The molecule has 0 bridgehead atoms. The Balaban J connectivity index is 0.00000200. The molecule has 0 aromatic heterocycles. The van der Waals surface area contributed by atoms with Crippen LogP contribution >= 0.6 is 24.0 Å². The summed E-state index contributed by atoms with van der Waals surface area (Å²) in [6.07, 6.45) is 0.699. The van der Waals surface area contributed by atoms with Crippen LogP contribution in [-0.4, -0.2) is 31.9 Å². The first-order valence-corrected chi connectivity index (χ1v) is 7.85. The molecule has 4 nitrogen and oxygen atoms in total. The highest BCUT2D eigenvalue weighted by Gasteiger charge is 2.38. The molecule has 1 aliphatic rings. The van der Waals surface area contributed by atoms with Gasteiger partial charge in [-0.3, -0.25) is 0 Å². The van der Waals surface area contributed by atoms with Crippen LogP contribution in [0.1, 0.15) is 13.3 Å². The van der Waals surface area contributed by atoms with Crippen molar-refractivity contribution in [2.75, 3.05) is 13.1 Å². The fourth-order valence-electron chi connectivity index (χ4n) is 2.43. The van der Waals surface area contributed by atoms with Gasteiger partial charge < -0.3 is 5.73 Å². The molecule has 1 aromatic carbocycles. The number of hydrogen-bond donors (Lipinski definition) is 1. The Morgan fingerprint density at radius 2 is 2.15 bits per heavy atom. The van der Waals surface area contributed by atoms with Crippen molar-refractivity contribution in [3.8, 4) is 0 Å². The average molecular weight is 343 g/mol. The maximum atomic E-state index is 13.8. The van der Waals surface area contributed by atoms with Crippen LogP contribution in [0, 0.1) is 11.7 Å². The van der Waals surface area contributed by atoms with Gasteiger partial charge in [-0.05, 0) is 44.0 Å². The largest absolute Gasteiger partial charge is 0.330 e. The maximum Gasteiger partial charge on any atom is 0.246 e. The molecule has 2 rings (SSSR count). The van der Waals surface area contributed by atoms with Gasteiger partial charge in [-0.1, -0.05) is 11.6 Å². The predicted octanol–water partition coefficient (Wildman–Crippen LogP) is 2.26. The average Bonchev–Trinajstić information content (AvgIpc) is 2.70. The van der Waals surface area contributed by atoms with Crippen molar-refractivity contribution < 1.29 is 12.8 Å². The van der Waals surface area contributed by atoms with Crippen molar-refractivity contribution >= 4 is 34.0 Å². The molecule has 2 atom stereocenters. The molecular formula is C12H17Cl2FN2O2S. The molecule has 0 radical (unpaired) electrons. The molecule has 0 spiro atoms. The van der Waals surface area contributed by atoms with Crippen LogP contribution in [0.15, 0.2) is 23.1 Å². The van der Waals surface area contributed by atoms with Gasteiger partial charge >= 0.3 is 0 Å².